The third-order valence-electron chi connectivity index (χ3n) is 6.17. The van der Waals surface area contributed by atoms with Crippen molar-refractivity contribution in [3.63, 3.8) is 0 Å². The van der Waals surface area contributed by atoms with Crippen molar-refractivity contribution in [3.05, 3.63) is 32.3 Å². The molecular weight excluding hydrogens is 501 g/mol. The first kappa shape index (κ1) is 30.7. The Bertz CT molecular complexity index is 1130. The minimum absolute atomic E-state index is 0.137. The molecule has 0 bridgehead atoms. The van der Waals surface area contributed by atoms with E-state index in [1.165, 1.54) is 0 Å². The van der Waals surface area contributed by atoms with Crippen LogP contribution in [0.15, 0.2) is 9.59 Å². The molecule has 0 radical (unpaired) electrons. The van der Waals surface area contributed by atoms with E-state index in [1.807, 2.05) is 18.8 Å². The SMILES string of the molecule is CC(C)C[C@H](NC(=O)[C@@H](NC(=O)[C@@H](N)CNC(=O)c1[nH]c(=O)[nH]c(=O)c1F)C(C)C)C(=O)N1CCCCC1. The summed E-state index contributed by atoms with van der Waals surface area (Å²) in [5.74, 6) is -4.33. The van der Waals surface area contributed by atoms with Gasteiger partial charge in [0.25, 0.3) is 11.5 Å². The molecule has 13 nitrogen and oxygen atoms in total. The normalized spacial score (nSPS) is 16.1. The van der Waals surface area contributed by atoms with Crippen molar-refractivity contribution in [2.45, 2.75) is 71.5 Å². The number of nitrogens with one attached hydrogen (secondary N) is 5. The predicted octanol–water partition coefficient (Wildman–Crippen LogP) is -1.06. The Hall–Kier alpha value is -3.55. The molecular formula is C24H38FN7O6. The second-order valence-electron chi connectivity index (χ2n) is 10.2. The molecule has 2 heterocycles. The molecule has 38 heavy (non-hydrogen) atoms. The molecule has 3 atom stereocenters. The van der Waals surface area contributed by atoms with Crippen molar-refractivity contribution in [1.29, 1.82) is 0 Å². The van der Waals surface area contributed by atoms with Crippen molar-refractivity contribution < 1.29 is 23.6 Å². The zero-order valence-electron chi connectivity index (χ0n) is 22.2. The molecule has 0 aromatic carbocycles. The number of aromatic amines is 2. The number of likely N-dealkylation sites (tertiary alicyclic amines) is 1. The van der Waals surface area contributed by atoms with Crippen LogP contribution in [0.5, 0.6) is 0 Å². The summed E-state index contributed by atoms with van der Waals surface area (Å²) in [6.07, 6.45) is 3.32. The van der Waals surface area contributed by atoms with Gasteiger partial charge in [-0.2, -0.15) is 4.39 Å². The Balaban J connectivity index is 2.03. The highest BCUT2D eigenvalue weighted by Crippen LogP contribution is 2.14. The van der Waals surface area contributed by atoms with Crippen LogP contribution in [0.1, 0.15) is 63.9 Å². The molecule has 4 amide bonds. The third-order valence-corrected chi connectivity index (χ3v) is 6.17. The van der Waals surface area contributed by atoms with Crippen LogP contribution in [-0.2, 0) is 14.4 Å². The standard InChI is InChI=1S/C24H38FN7O6/c1-12(2)10-15(23(37)32-8-6-5-7-9-32)28-22(36)17(13(3)4)29-19(33)14(26)11-27-21(35)18-16(25)20(34)31-24(38)30-18/h12-15,17H,5-11,26H2,1-4H3,(H,27,35)(H,28,36)(H,29,33)(H2,30,31,34,38)/t14-,15-,17-/m0/s1. The van der Waals surface area contributed by atoms with Crippen LogP contribution in [0.25, 0.3) is 0 Å². The van der Waals surface area contributed by atoms with Gasteiger partial charge >= 0.3 is 5.69 Å². The molecule has 1 aromatic rings. The Kier molecular flexibility index (Phi) is 11.2. The van der Waals surface area contributed by atoms with E-state index in [0.29, 0.717) is 19.5 Å². The van der Waals surface area contributed by atoms with Crippen LogP contribution < -0.4 is 32.9 Å². The average Bonchev–Trinajstić information content (AvgIpc) is 2.86. The molecule has 1 aliphatic heterocycles. The lowest BCUT2D eigenvalue weighted by atomic mass is 9.98. The summed E-state index contributed by atoms with van der Waals surface area (Å²) in [5.41, 5.74) is 2.49. The average molecular weight is 540 g/mol. The molecule has 0 unspecified atom stereocenters. The topological polar surface area (TPSA) is 199 Å². The molecule has 14 heteroatoms. The number of carbonyl (C=O) groups excluding carboxylic acids is 4. The summed E-state index contributed by atoms with van der Waals surface area (Å²) >= 11 is 0. The number of nitrogens with zero attached hydrogens (tertiary/aromatic N) is 1. The lowest BCUT2D eigenvalue weighted by Gasteiger charge is -2.32. The van der Waals surface area contributed by atoms with E-state index < -0.39 is 65.2 Å². The zero-order valence-corrected chi connectivity index (χ0v) is 22.2. The first-order chi connectivity index (χ1) is 17.8. The Morgan fingerprint density at radius 2 is 1.61 bits per heavy atom. The Morgan fingerprint density at radius 1 is 0.974 bits per heavy atom. The number of aromatic nitrogens is 2. The molecule has 1 fully saturated rings. The number of carbonyl (C=O) groups is 4. The molecule has 1 saturated heterocycles. The van der Waals surface area contributed by atoms with Gasteiger partial charge in [-0.15, -0.1) is 0 Å². The molecule has 7 N–H and O–H groups in total. The summed E-state index contributed by atoms with van der Waals surface area (Å²) in [6, 6.07) is -3.10. The molecule has 1 aliphatic rings. The summed E-state index contributed by atoms with van der Waals surface area (Å²) in [5, 5.41) is 7.52. The third kappa shape index (κ3) is 8.50. The van der Waals surface area contributed by atoms with Crippen LogP contribution in [0.4, 0.5) is 4.39 Å². The number of halogens is 1. The summed E-state index contributed by atoms with van der Waals surface area (Å²) in [4.78, 5) is 79.1. The van der Waals surface area contributed by atoms with Gasteiger partial charge in [-0.1, -0.05) is 27.7 Å². The van der Waals surface area contributed by atoms with Gasteiger partial charge in [-0.05, 0) is 37.5 Å². The van der Waals surface area contributed by atoms with Gasteiger partial charge in [-0.3, -0.25) is 29.0 Å². The van der Waals surface area contributed by atoms with E-state index in [9.17, 15) is 33.2 Å². The summed E-state index contributed by atoms with van der Waals surface area (Å²) in [7, 11) is 0. The van der Waals surface area contributed by atoms with Crippen molar-refractivity contribution in [1.82, 2.24) is 30.8 Å². The Labute approximate surface area is 219 Å². The van der Waals surface area contributed by atoms with Gasteiger partial charge in [0.1, 0.15) is 23.8 Å². The fourth-order valence-electron chi connectivity index (χ4n) is 4.10. The van der Waals surface area contributed by atoms with Crippen LogP contribution in [0.2, 0.25) is 0 Å². The highest BCUT2D eigenvalue weighted by molar-refractivity contribution is 5.94. The number of nitrogens with two attached hydrogens (primary N) is 1. The largest absolute Gasteiger partial charge is 0.349 e. The lowest BCUT2D eigenvalue weighted by Crippen LogP contribution is -2.59. The van der Waals surface area contributed by atoms with E-state index in [4.69, 9.17) is 5.73 Å². The van der Waals surface area contributed by atoms with Crippen LogP contribution in [0.3, 0.4) is 0 Å². The number of rotatable bonds is 11. The zero-order chi connectivity index (χ0) is 28.6. The molecule has 0 aliphatic carbocycles. The van der Waals surface area contributed by atoms with E-state index in [2.05, 4.69) is 16.0 Å². The number of hydrogen-bond acceptors (Lipinski definition) is 7. The van der Waals surface area contributed by atoms with Gasteiger partial charge in [0.15, 0.2) is 0 Å². The first-order valence-electron chi connectivity index (χ1n) is 12.8. The second kappa shape index (κ2) is 13.8. The highest BCUT2D eigenvalue weighted by atomic mass is 19.1. The monoisotopic (exact) mass is 539 g/mol. The van der Waals surface area contributed by atoms with Crippen molar-refractivity contribution in [3.8, 4) is 0 Å². The molecule has 212 valence electrons. The molecule has 2 rings (SSSR count). The highest BCUT2D eigenvalue weighted by Gasteiger charge is 2.32. The van der Waals surface area contributed by atoms with Crippen molar-refractivity contribution in [2.75, 3.05) is 19.6 Å². The van der Waals surface area contributed by atoms with Crippen LogP contribution in [-0.4, -0.2) is 76.3 Å². The van der Waals surface area contributed by atoms with Gasteiger partial charge in [0.2, 0.25) is 23.5 Å². The van der Waals surface area contributed by atoms with Crippen LogP contribution >= 0.6 is 0 Å². The molecule has 0 saturated carbocycles. The minimum Gasteiger partial charge on any atom is -0.349 e. The quantitative estimate of drug-likeness (QED) is 0.206. The van der Waals surface area contributed by atoms with Gasteiger partial charge < -0.3 is 31.6 Å². The van der Waals surface area contributed by atoms with Crippen molar-refractivity contribution in [2.24, 2.45) is 17.6 Å². The fourth-order valence-corrected chi connectivity index (χ4v) is 4.10. The van der Waals surface area contributed by atoms with Crippen LogP contribution in [0, 0.1) is 17.7 Å². The maximum Gasteiger partial charge on any atom is 0.326 e. The predicted molar refractivity (Wildman–Crippen MR) is 137 cm³/mol. The van der Waals surface area contributed by atoms with Gasteiger partial charge in [-0.25, -0.2) is 4.79 Å². The van der Waals surface area contributed by atoms with E-state index >= 15 is 0 Å². The maximum atomic E-state index is 13.9. The van der Waals surface area contributed by atoms with Crippen molar-refractivity contribution >= 4 is 23.6 Å². The smallest absolute Gasteiger partial charge is 0.326 e. The summed E-state index contributed by atoms with van der Waals surface area (Å²) < 4.78 is 13.9. The van der Waals surface area contributed by atoms with Gasteiger partial charge in [0.05, 0.1) is 0 Å². The second-order valence-corrected chi connectivity index (χ2v) is 10.2. The number of amides is 4. The number of hydrogen-bond donors (Lipinski definition) is 6. The van der Waals surface area contributed by atoms with Gasteiger partial charge in [0, 0.05) is 19.6 Å². The fraction of sp³-hybridized carbons (Fsp3) is 0.667. The summed E-state index contributed by atoms with van der Waals surface area (Å²) in [6.45, 7) is 8.14. The van der Waals surface area contributed by atoms with E-state index in [0.717, 1.165) is 19.3 Å². The minimum atomic E-state index is -1.49. The molecule has 0 spiro atoms. The lowest BCUT2D eigenvalue weighted by molar-refractivity contribution is -0.139. The van der Waals surface area contributed by atoms with E-state index in [1.54, 1.807) is 23.7 Å². The number of piperidine rings is 1. The number of H-pyrrole nitrogens is 2. The van der Waals surface area contributed by atoms with E-state index in [-0.39, 0.29) is 17.7 Å². The first-order valence-corrected chi connectivity index (χ1v) is 12.8. The Morgan fingerprint density at radius 3 is 2.18 bits per heavy atom. The maximum absolute atomic E-state index is 13.9. The molecule has 1 aromatic heterocycles.